The highest BCUT2D eigenvalue weighted by atomic mass is 16.5. The molecule has 14 heavy (non-hydrogen) atoms. The maximum absolute atomic E-state index is 10.4. The highest BCUT2D eigenvalue weighted by Gasteiger charge is 2.15. The fourth-order valence-corrected chi connectivity index (χ4v) is 1.08. The molecular formula is C10H17NO3. The first-order valence-corrected chi connectivity index (χ1v) is 4.91. The van der Waals surface area contributed by atoms with E-state index in [1.54, 1.807) is 0 Å². The van der Waals surface area contributed by atoms with Crippen molar-refractivity contribution in [3.63, 3.8) is 0 Å². The minimum absolute atomic E-state index is 0.263. The van der Waals surface area contributed by atoms with Crippen molar-refractivity contribution in [2.45, 2.75) is 12.8 Å². The van der Waals surface area contributed by atoms with E-state index in [1.807, 2.05) is 0 Å². The summed E-state index contributed by atoms with van der Waals surface area (Å²) in [6, 6.07) is 0. The molecule has 1 fully saturated rings. The van der Waals surface area contributed by atoms with Gasteiger partial charge in [0.2, 0.25) is 0 Å². The van der Waals surface area contributed by atoms with E-state index in [1.165, 1.54) is 13.1 Å². The highest BCUT2D eigenvalue weighted by molar-refractivity contribution is 5.85. The maximum atomic E-state index is 10.4. The number of hydrogen-bond acceptors (Lipinski definition) is 3. The number of carboxylic acid groups (broad SMARTS) is 1. The predicted octanol–water partition coefficient (Wildman–Crippen LogP) is 0.740. The first-order chi connectivity index (χ1) is 6.70. The minimum atomic E-state index is -0.908. The topological polar surface area (TPSA) is 49.5 Å². The van der Waals surface area contributed by atoms with Gasteiger partial charge in [-0.1, -0.05) is 6.58 Å². The smallest absolute Gasteiger partial charge is 0.330 e. The van der Waals surface area contributed by atoms with Gasteiger partial charge in [-0.3, -0.25) is 4.90 Å². The van der Waals surface area contributed by atoms with Crippen LogP contribution in [-0.4, -0.2) is 48.8 Å². The third-order valence-electron chi connectivity index (χ3n) is 2.16. The van der Waals surface area contributed by atoms with Gasteiger partial charge in [0.25, 0.3) is 0 Å². The van der Waals surface area contributed by atoms with E-state index in [2.05, 4.69) is 11.5 Å². The first kappa shape index (κ1) is 11.2. The van der Waals surface area contributed by atoms with E-state index in [0.29, 0.717) is 13.0 Å². The van der Waals surface area contributed by atoms with Gasteiger partial charge in [0.05, 0.1) is 6.61 Å². The number of nitrogens with zero attached hydrogens (tertiary/aromatic N) is 1. The molecule has 0 saturated carbocycles. The number of aliphatic carboxylic acids is 1. The summed E-state index contributed by atoms with van der Waals surface area (Å²) < 4.78 is 5.34. The first-order valence-electron chi connectivity index (χ1n) is 4.91. The van der Waals surface area contributed by atoms with Crippen LogP contribution in [0.15, 0.2) is 12.2 Å². The highest BCUT2D eigenvalue weighted by Crippen LogP contribution is 2.04. The van der Waals surface area contributed by atoms with Gasteiger partial charge in [0, 0.05) is 31.8 Å². The molecule has 0 atom stereocenters. The van der Waals surface area contributed by atoms with Crippen molar-refractivity contribution >= 4 is 5.97 Å². The molecule has 0 amide bonds. The monoisotopic (exact) mass is 199 g/mol. The molecule has 0 aromatic rings. The van der Waals surface area contributed by atoms with Crippen molar-refractivity contribution in [2.75, 3.05) is 32.8 Å². The zero-order chi connectivity index (χ0) is 10.4. The van der Waals surface area contributed by atoms with Crippen molar-refractivity contribution < 1.29 is 14.6 Å². The Hall–Kier alpha value is -0.870. The van der Waals surface area contributed by atoms with Crippen LogP contribution in [0.25, 0.3) is 0 Å². The number of carboxylic acids is 1. The quantitative estimate of drug-likeness (QED) is 0.356. The van der Waals surface area contributed by atoms with Crippen LogP contribution in [0.5, 0.6) is 0 Å². The standard InChI is InChI=1S/C10H17NO3/c1-9(10(12)13)3-2-7-14-8-6-11-4-5-11/h1-8H2,(H,12,13). The van der Waals surface area contributed by atoms with Gasteiger partial charge < -0.3 is 9.84 Å². The second-order valence-corrected chi connectivity index (χ2v) is 3.47. The molecule has 0 spiro atoms. The molecule has 0 aromatic carbocycles. The summed E-state index contributed by atoms with van der Waals surface area (Å²) in [6.45, 7) is 8.21. The van der Waals surface area contributed by atoms with Crippen LogP contribution >= 0.6 is 0 Å². The van der Waals surface area contributed by atoms with Crippen LogP contribution in [0.4, 0.5) is 0 Å². The number of ether oxygens (including phenoxy) is 1. The normalized spacial score (nSPS) is 15.4. The Labute approximate surface area is 84.2 Å². The predicted molar refractivity (Wildman–Crippen MR) is 53.3 cm³/mol. The number of hydrogen-bond donors (Lipinski definition) is 1. The van der Waals surface area contributed by atoms with E-state index in [-0.39, 0.29) is 5.57 Å². The molecule has 4 nitrogen and oxygen atoms in total. The van der Waals surface area contributed by atoms with Gasteiger partial charge in [-0.05, 0) is 12.8 Å². The molecule has 1 aliphatic rings. The third-order valence-corrected chi connectivity index (χ3v) is 2.16. The van der Waals surface area contributed by atoms with E-state index in [0.717, 1.165) is 19.6 Å². The zero-order valence-corrected chi connectivity index (χ0v) is 8.37. The van der Waals surface area contributed by atoms with Crippen LogP contribution < -0.4 is 0 Å². The average molecular weight is 199 g/mol. The molecule has 0 radical (unpaired) electrons. The summed E-state index contributed by atoms with van der Waals surface area (Å²) in [5.74, 6) is -0.908. The lowest BCUT2D eigenvalue weighted by Gasteiger charge is -2.04. The SMILES string of the molecule is C=C(CCCOCCN1CC1)C(=O)O. The molecule has 0 bridgehead atoms. The molecule has 1 aliphatic heterocycles. The Balaban J connectivity index is 1.83. The molecule has 4 heteroatoms. The molecule has 1 heterocycles. The zero-order valence-electron chi connectivity index (χ0n) is 8.37. The van der Waals surface area contributed by atoms with Crippen LogP contribution in [0.1, 0.15) is 12.8 Å². The lowest BCUT2D eigenvalue weighted by Crippen LogP contribution is -2.09. The third kappa shape index (κ3) is 4.99. The van der Waals surface area contributed by atoms with E-state index in [9.17, 15) is 4.79 Å². The number of rotatable bonds is 8. The van der Waals surface area contributed by atoms with Crippen LogP contribution in [0, 0.1) is 0 Å². The van der Waals surface area contributed by atoms with Gasteiger partial charge in [-0.25, -0.2) is 4.79 Å². The maximum Gasteiger partial charge on any atom is 0.330 e. The Morgan fingerprint density at radius 2 is 2.14 bits per heavy atom. The summed E-state index contributed by atoms with van der Waals surface area (Å²) >= 11 is 0. The van der Waals surface area contributed by atoms with Gasteiger partial charge >= 0.3 is 5.97 Å². The van der Waals surface area contributed by atoms with Crippen molar-refractivity contribution in [1.29, 1.82) is 0 Å². The molecule has 1 rings (SSSR count). The van der Waals surface area contributed by atoms with Crippen LogP contribution in [0.3, 0.4) is 0 Å². The summed E-state index contributed by atoms with van der Waals surface area (Å²) in [5.41, 5.74) is 0.263. The molecule has 0 aromatic heterocycles. The van der Waals surface area contributed by atoms with E-state index < -0.39 is 5.97 Å². The number of carbonyl (C=O) groups is 1. The Kier molecular flexibility index (Phi) is 4.62. The molecule has 1 saturated heterocycles. The van der Waals surface area contributed by atoms with Gasteiger partial charge in [0.1, 0.15) is 0 Å². The van der Waals surface area contributed by atoms with E-state index >= 15 is 0 Å². The lowest BCUT2D eigenvalue weighted by molar-refractivity contribution is -0.132. The molecule has 1 N–H and O–H groups in total. The van der Waals surface area contributed by atoms with Gasteiger partial charge in [0.15, 0.2) is 0 Å². The average Bonchev–Trinajstić information content (AvgIpc) is 2.94. The second kappa shape index (κ2) is 5.78. The van der Waals surface area contributed by atoms with Crippen LogP contribution in [0.2, 0.25) is 0 Å². The van der Waals surface area contributed by atoms with Crippen molar-refractivity contribution in [3.8, 4) is 0 Å². The molecule has 0 aliphatic carbocycles. The Bertz CT molecular complexity index is 211. The molecule has 80 valence electrons. The second-order valence-electron chi connectivity index (χ2n) is 3.47. The Morgan fingerprint density at radius 1 is 1.43 bits per heavy atom. The van der Waals surface area contributed by atoms with Crippen molar-refractivity contribution in [3.05, 3.63) is 12.2 Å². The largest absolute Gasteiger partial charge is 0.478 e. The van der Waals surface area contributed by atoms with Crippen molar-refractivity contribution in [1.82, 2.24) is 4.90 Å². The lowest BCUT2D eigenvalue weighted by atomic mass is 10.2. The summed E-state index contributed by atoms with van der Waals surface area (Å²) in [5, 5.41) is 8.52. The Morgan fingerprint density at radius 3 is 2.71 bits per heavy atom. The van der Waals surface area contributed by atoms with Gasteiger partial charge in [-0.2, -0.15) is 0 Å². The van der Waals surface area contributed by atoms with Gasteiger partial charge in [-0.15, -0.1) is 0 Å². The van der Waals surface area contributed by atoms with E-state index in [4.69, 9.17) is 9.84 Å². The summed E-state index contributed by atoms with van der Waals surface area (Å²) in [6.07, 6.45) is 1.25. The molecule has 0 unspecified atom stereocenters. The summed E-state index contributed by atoms with van der Waals surface area (Å²) in [4.78, 5) is 12.7. The fourth-order valence-electron chi connectivity index (χ4n) is 1.08. The minimum Gasteiger partial charge on any atom is -0.478 e. The molecular weight excluding hydrogens is 182 g/mol. The van der Waals surface area contributed by atoms with Crippen molar-refractivity contribution in [2.24, 2.45) is 0 Å². The van der Waals surface area contributed by atoms with Crippen LogP contribution in [-0.2, 0) is 9.53 Å². The summed E-state index contributed by atoms with van der Waals surface area (Å²) in [7, 11) is 0. The fraction of sp³-hybridized carbons (Fsp3) is 0.700.